The number of nitrogens with one attached hydrogen (secondary N) is 2. The van der Waals surface area contributed by atoms with E-state index in [1.165, 1.54) is 12.1 Å². The molecule has 0 saturated heterocycles. The van der Waals surface area contributed by atoms with Gasteiger partial charge in [-0.1, -0.05) is 37.3 Å². The van der Waals surface area contributed by atoms with Crippen LogP contribution in [0.25, 0.3) is 0 Å². The van der Waals surface area contributed by atoms with Crippen LogP contribution in [0.4, 0.5) is 11.4 Å². The number of carbonyl (C=O) groups is 1. The minimum Gasteiger partial charge on any atom is -0.481 e. The molecule has 0 heterocycles. The SMILES string of the molecule is CCC(Oc1cccc(C)c1)C(=O)Nc1ccc(S(=O)(=O)Nc2ccccc2)cc1. The van der Waals surface area contributed by atoms with E-state index in [2.05, 4.69) is 10.0 Å². The fraction of sp³-hybridized carbons (Fsp3) is 0.174. The van der Waals surface area contributed by atoms with Crippen LogP contribution in [0.15, 0.2) is 83.8 Å². The van der Waals surface area contributed by atoms with Gasteiger partial charge >= 0.3 is 0 Å². The molecule has 0 aliphatic carbocycles. The topological polar surface area (TPSA) is 84.5 Å². The van der Waals surface area contributed by atoms with Crippen LogP contribution in [-0.4, -0.2) is 20.4 Å². The molecular weight excluding hydrogens is 400 g/mol. The molecule has 0 saturated carbocycles. The number of aryl methyl sites for hydroxylation is 1. The molecule has 7 heteroatoms. The number of rotatable bonds is 8. The number of para-hydroxylation sites is 1. The van der Waals surface area contributed by atoms with E-state index >= 15 is 0 Å². The lowest BCUT2D eigenvalue weighted by Gasteiger charge is -2.17. The minimum absolute atomic E-state index is 0.104. The maximum absolute atomic E-state index is 12.6. The molecule has 1 amide bonds. The molecule has 3 aromatic carbocycles. The summed E-state index contributed by atoms with van der Waals surface area (Å²) in [5, 5.41) is 2.78. The van der Waals surface area contributed by atoms with E-state index < -0.39 is 16.1 Å². The third-order valence-electron chi connectivity index (χ3n) is 4.39. The first kappa shape index (κ1) is 21.4. The zero-order valence-corrected chi connectivity index (χ0v) is 17.6. The Kier molecular flexibility index (Phi) is 6.74. The Labute approximate surface area is 177 Å². The zero-order chi connectivity index (χ0) is 21.6. The summed E-state index contributed by atoms with van der Waals surface area (Å²) < 4.78 is 33.3. The Morgan fingerprint density at radius 1 is 0.933 bits per heavy atom. The smallest absolute Gasteiger partial charge is 0.265 e. The number of hydrogen-bond donors (Lipinski definition) is 2. The van der Waals surface area contributed by atoms with Crippen LogP contribution in [0.2, 0.25) is 0 Å². The highest BCUT2D eigenvalue weighted by Gasteiger charge is 2.19. The van der Waals surface area contributed by atoms with Crippen LogP contribution in [0, 0.1) is 6.92 Å². The van der Waals surface area contributed by atoms with Crippen molar-refractivity contribution < 1.29 is 17.9 Å². The fourth-order valence-electron chi connectivity index (χ4n) is 2.84. The van der Waals surface area contributed by atoms with Crippen molar-refractivity contribution in [1.29, 1.82) is 0 Å². The van der Waals surface area contributed by atoms with Crippen LogP contribution in [0.3, 0.4) is 0 Å². The van der Waals surface area contributed by atoms with Crippen molar-refractivity contribution >= 4 is 27.3 Å². The second-order valence-electron chi connectivity index (χ2n) is 6.82. The van der Waals surface area contributed by atoms with Crippen LogP contribution >= 0.6 is 0 Å². The van der Waals surface area contributed by atoms with Gasteiger partial charge in [-0.05, 0) is 67.4 Å². The maximum Gasteiger partial charge on any atom is 0.265 e. The zero-order valence-electron chi connectivity index (χ0n) is 16.8. The lowest BCUT2D eigenvalue weighted by Crippen LogP contribution is -2.32. The molecule has 3 aromatic rings. The first-order valence-electron chi connectivity index (χ1n) is 9.59. The molecule has 1 atom stereocenters. The van der Waals surface area contributed by atoms with Crippen molar-refractivity contribution in [1.82, 2.24) is 0 Å². The molecule has 2 N–H and O–H groups in total. The van der Waals surface area contributed by atoms with Crippen LogP contribution < -0.4 is 14.8 Å². The predicted molar refractivity (Wildman–Crippen MR) is 118 cm³/mol. The van der Waals surface area contributed by atoms with Crippen molar-refractivity contribution in [3.8, 4) is 5.75 Å². The third kappa shape index (κ3) is 5.61. The van der Waals surface area contributed by atoms with Crippen molar-refractivity contribution in [3.05, 3.63) is 84.4 Å². The summed E-state index contributed by atoms with van der Waals surface area (Å²) in [6.45, 7) is 3.82. The highest BCUT2D eigenvalue weighted by atomic mass is 32.2. The standard InChI is InChI=1S/C23H24N2O4S/c1-3-22(29-20-11-7-8-17(2)16-20)23(26)24-18-12-14-21(15-13-18)30(27,28)25-19-9-5-4-6-10-19/h4-16,22,25H,3H2,1-2H3,(H,24,26). The van der Waals surface area contributed by atoms with Gasteiger partial charge in [0, 0.05) is 11.4 Å². The third-order valence-corrected chi connectivity index (χ3v) is 5.79. The van der Waals surface area contributed by atoms with Gasteiger partial charge < -0.3 is 10.1 Å². The van der Waals surface area contributed by atoms with Crippen LogP contribution in [0.1, 0.15) is 18.9 Å². The number of anilines is 2. The normalized spacial score (nSPS) is 12.1. The van der Waals surface area contributed by atoms with Gasteiger partial charge in [-0.25, -0.2) is 8.42 Å². The monoisotopic (exact) mass is 424 g/mol. The van der Waals surface area contributed by atoms with Gasteiger partial charge in [0.1, 0.15) is 5.75 Å². The van der Waals surface area contributed by atoms with E-state index in [-0.39, 0.29) is 10.8 Å². The molecule has 1 unspecified atom stereocenters. The molecule has 0 bridgehead atoms. The average molecular weight is 425 g/mol. The first-order chi connectivity index (χ1) is 14.4. The number of amides is 1. The van der Waals surface area contributed by atoms with Gasteiger partial charge in [0.25, 0.3) is 15.9 Å². The molecule has 0 radical (unpaired) electrons. The average Bonchev–Trinajstić information content (AvgIpc) is 2.73. The minimum atomic E-state index is -3.71. The Bertz CT molecular complexity index is 1100. The second-order valence-corrected chi connectivity index (χ2v) is 8.50. The molecule has 156 valence electrons. The summed E-state index contributed by atoms with van der Waals surface area (Å²) in [6.07, 6.45) is -0.164. The summed E-state index contributed by atoms with van der Waals surface area (Å²) >= 11 is 0. The van der Waals surface area contributed by atoms with Crippen molar-refractivity contribution in [3.63, 3.8) is 0 Å². The number of carbonyl (C=O) groups excluding carboxylic acids is 1. The quantitative estimate of drug-likeness (QED) is 0.554. The molecule has 0 aliphatic heterocycles. The lowest BCUT2D eigenvalue weighted by molar-refractivity contribution is -0.122. The van der Waals surface area contributed by atoms with E-state index in [1.807, 2.05) is 44.2 Å². The van der Waals surface area contributed by atoms with Gasteiger partial charge in [0.15, 0.2) is 6.10 Å². The van der Waals surface area contributed by atoms with E-state index in [9.17, 15) is 13.2 Å². The van der Waals surface area contributed by atoms with Crippen LogP contribution in [-0.2, 0) is 14.8 Å². The summed E-state index contributed by atoms with van der Waals surface area (Å²) in [5.74, 6) is 0.336. The second kappa shape index (κ2) is 9.45. The number of hydrogen-bond acceptors (Lipinski definition) is 4. The van der Waals surface area contributed by atoms with Crippen molar-refractivity contribution in [2.24, 2.45) is 0 Å². The highest BCUT2D eigenvalue weighted by molar-refractivity contribution is 7.92. The van der Waals surface area contributed by atoms with E-state index in [1.54, 1.807) is 36.4 Å². The molecular formula is C23H24N2O4S. The van der Waals surface area contributed by atoms with Gasteiger partial charge in [-0.15, -0.1) is 0 Å². The van der Waals surface area contributed by atoms with Gasteiger partial charge in [-0.3, -0.25) is 9.52 Å². The molecule has 0 aromatic heterocycles. The number of ether oxygens (including phenoxy) is 1. The molecule has 0 fully saturated rings. The molecule has 6 nitrogen and oxygen atoms in total. The molecule has 0 spiro atoms. The Morgan fingerprint density at radius 2 is 1.63 bits per heavy atom. The van der Waals surface area contributed by atoms with Crippen molar-refractivity contribution in [2.75, 3.05) is 10.0 Å². The van der Waals surface area contributed by atoms with E-state index in [0.717, 1.165) is 5.56 Å². The van der Waals surface area contributed by atoms with E-state index in [4.69, 9.17) is 4.74 Å². The Hall–Kier alpha value is -3.32. The van der Waals surface area contributed by atoms with Crippen molar-refractivity contribution in [2.45, 2.75) is 31.3 Å². The molecule has 30 heavy (non-hydrogen) atoms. The summed E-state index contributed by atoms with van der Waals surface area (Å²) in [5.41, 5.74) is 2.02. The number of benzene rings is 3. The fourth-order valence-corrected chi connectivity index (χ4v) is 3.89. The highest BCUT2D eigenvalue weighted by Crippen LogP contribution is 2.20. The van der Waals surface area contributed by atoms with Crippen LogP contribution in [0.5, 0.6) is 5.75 Å². The largest absolute Gasteiger partial charge is 0.481 e. The van der Waals surface area contributed by atoms with Gasteiger partial charge in [-0.2, -0.15) is 0 Å². The lowest BCUT2D eigenvalue weighted by atomic mass is 10.2. The Balaban J connectivity index is 1.66. The Morgan fingerprint density at radius 3 is 2.27 bits per heavy atom. The summed E-state index contributed by atoms with van der Waals surface area (Å²) in [7, 11) is -3.71. The van der Waals surface area contributed by atoms with Gasteiger partial charge in [0.05, 0.1) is 4.90 Å². The molecule has 3 rings (SSSR count). The summed E-state index contributed by atoms with van der Waals surface area (Å²) in [4.78, 5) is 12.7. The predicted octanol–water partition coefficient (Wildman–Crippen LogP) is 4.59. The van der Waals surface area contributed by atoms with E-state index in [0.29, 0.717) is 23.5 Å². The number of sulfonamides is 1. The summed E-state index contributed by atoms with van der Waals surface area (Å²) in [6, 6.07) is 22.2. The molecule has 0 aliphatic rings. The first-order valence-corrected chi connectivity index (χ1v) is 11.1. The maximum atomic E-state index is 12.6. The van der Waals surface area contributed by atoms with Gasteiger partial charge in [0.2, 0.25) is 0 Å².